The van der Waals surface area contributed by atoms with Gasteiger partial charge in [0.1, 0.15) is 5.75 Å². The lowest BCUT2D eigenvalue weighted by Gasteiger charge is -2.09. The fourth-order valence-electron chi connectivity index (χ4n) is 1.83. The Morgan fingerprint density at radius 2 is 1.95 bits per heavy atom. The predicted molar refractivity (Wildman–Crippen MR) is 77.7 cm³/mol. The molecule has 1 aromatic heterocycles. The summed E-state index contributed by atoms with van der Waals surface area (Å²) >= 11 is 5.93. The number of nitrogens with zero attached hydrogens (tertiary/aromatic N) is 1. The summed E-state index contributed by atoms with van der Waals surface area (Å²) in [4.78, 5) is 4.29. The summed E-state index contributed by atoms with van der Waals surface area (Å²) < 4.78 is 5.75. The monoisotopic (exact) mass is 270 g/mol. The summed E-state index contributed by atoms with van der Waals surface area (Å²) in [5.74, 6) is 1.22. The minimum Gasteiger partial charge on any atom is -0.455 e. The number of pyridine rings is 1. The number of aromatic nitrogens is 1. The molecule has 0 amide bonds. The number of nitrogen functional groups attached to an aromatic ring is 1. The molecule has 0 aliphatic rings. The van der Waals surface area contributed by atoms with Crippen LogP contribution in [0.5, 0.6) is 11.5 Å². The molecule has 2 N–H and O–H groups in total. The Kier molecular flexibility index (Phi) is 2.97. The van der Waals surface area contributed by atoms with Crippen molar-refractivity contribution in [2.24, 2.45) is 0 Å². The van der Waals surface area contributed by atoms with E-state index in [1.807, 2.05) is 30.3 Å². The topological polar surface area (TPSA) is 48.1 Å². The zero-order chi connectivity index (χ0) is 13.2. The van der Waals surface area contributed by atoms with Gasteiger partial charge in [0.15, 0.2) is 5.75 Å². The third kappa shape index (κ3) is 2.46. The third-order valence-electron chi connectivity index (χ3n) is 2.78. The van der Waals surface area contributed by atoms with Crippen molar-refractivity contribution in [3.63, 3.8) is 0 Å². The van der Waals surface area contributed by atoms with Crippen LogP contribution in [0, 0.1) is 0 Å². The van der Waals surface area contributed by atoms with Gasteiger partial charge in [-0.3, -0.25) is 4.98 Å². The van der Waals surface area contributed by atoms with Gasteiger partial charge in [0.05, 0.1) is 11.2 Å². The van der Waals surface area contributed by atoms with Crippen molar-refractivity contribution in [2.45, 2.75) is 0 Å². The van der Waals surface area contributed by atoms with Gasteiger partial charge < -0.3 is 10.5 Å². The van der Waals surface area contributed by atoms with Gasteiger partial charge in [0, 0.05) is 28.7 Å². The molecule has 0 radical (unpaired) electrons. The zero-order valence-corrected chi connectivity index (χ0v) is 10.8. The molecule has 94 valence electrons. The SMILES string of the molecule is Nc1ccc(Cl)cc1Oc1ccc2cccnc2c1. The molecule has 4 heteroatoms. The number of rotatable bonds is 2. The van der Waals surface area contributed by atoms with E-state index >= 15 is 0 Å². The Morgan fingerprint density at radius 1 is 1.05 bits per heavy atom. The maximum Gasteiger partial charge on any atom is 0.151 e. The molecule has 0 aliphatic heterocycles. The Balaban J connectivity index is 1.98. The quantitative estimate of drug-likeness (QED) is 0.708. The summed E-state index contributed by atoms with van der Waals surface area (Å²) in [5, 5.41) is 1.65. The highest BCUT2D eigenvalue weighted by Crippen LogP contribution is 2.31. The molecular formula is C15H11ClN2O. The molecule has 3 aromatic rings. The highest BCUT2D eigenvalue weighted by Gasteiger charge is 2.04. The number of halogens is 1. The van der Waals surface area contributed by atoms with Crippen LogP contribution in [0.1, 0.15) is 0 Å². The lowest BCUT2D eigenvalue weighted by atomic mass is 10.2. The van der Waals surface area contributed by atoms with Crippen molar-refractivity contribution in [2.75, 3.05) is 5.73 Å². The molecule has 0 saturated heterocycles. The number of nitrogens with two attached hydrogens (primary N) is 1. The molecule has 0 saturated carbocycles. The van der Waals surface area contributed by atoms with E-state index in [1.54, 1.807) is 24.4 Å². The number of ether oxygens (including phenoxy) is 1. The molecule has 1 heterocycles. The van der Waals surface area contributed by atoms with Crippen LogP contribution in [0.25, 0.3) is 10.9 Å². The molecule has 0 aliphatic carbocycles. The minimum absolute atomic E-state index is 0.544. The highest BCUT2D eigenvalue weighted by molar-refractivity contribution is 6.30. The number of fused-ring (bicyclic) bond motifs is 1. The first-order valence-corrected chi connectivity index (χ1v) is 6.18. The summed E-state index contributed by atoms with van der Waals surface area (Å²) in [6, 6.07) is 14.7. The second-order valence-electron chi connectivity index (χ2n) is 4.14. The smallest absolute Gasteiger partial charge is 0.151 e. The van der Waals surface area contributed by atoms with E-state index in [0.717, 1.165) is 10.9 Å². The van der Waals surface area contributed by atoms with E-state index in [9.17, 15) is 0 Å². The summed E-state index contributed by atoms with van der Waals surface area (Å²) in [7, 11) is 0. The van der Waals surface area contributed by atoms with Crippen molar-refractivity contribution in [1.29, 1.82) is 0 Å². The highest BCUT2D eigenvalue weighted by atomic mass is 35.5. The number of benzene rings is 2. The van der Waals surface area contributed by atoms with Crippen molar-refractivity contribution >= 4 is 28.2 Å². The van der Waals surface area contributed by atoms with Gasteiger partial charge in [-0.2, -0.15) is 0 Å². The van der Waals surface area contributed by atoms with Crippen molar-refractivity contribution in [3.05, 3.63) is 59.8 Å². The summed E-state index contributed by atoms with van der Waals surface area (Å²) in [5.41, 5.74) is 7.27. The normalized spacial score (nSPS) is 10.6. The minimum atomic E-state index is 0.544. The number of hydrogen-bond donors (Lipinski definition) is 1. The molecule has 2 aromatic carbocycles. The van der Waals surface area contributed by atoms with E-state index in [-0.39, 0.29) is 0 Å². The van der Waals surface area contributed by atoms with Crippen LogP contribution in [0.2, 0.25) is 5.02 Å². The standard InChI is InChI=1S/C15H11ClN2O/c16-11-4-6-13(17)15(8-11)19-12-5-3-10-2-1-7-18-14(10)9-12/h1-9H,17H2. The summed E-state index contributed by atoms with van der Waals surface area (Å²) in [6.45, 7) is 0. The van der Waals surface area contributed by atoms with Crippen LogP contribution in [0.15, 0.2) is 54.7 Å². The fourth-order valence-corrected chi connectivity index (χ4v) is 2.00. The second kappa shape index (κ2) is 4.78. The summed E-state index contributed by atoms with van der Waals surface area (Å²) in [6.07, 6.45) is 1.75. The maximum atomic E-state index is 5.93. The largest absolute Gasteiger partial charge is 0.455 e. The third-order valence-corrected chi connectivity index (χ3v) is 3.02. The molecule has 19 heavy (non-hydrogen) atoms. The van der Waals surface area contributed by atoms with Crippen molar-refractivity contribution in [3.8, 4) is 11.5 Å². The van der Waals surface area contributed by atoms with Crippen LogP contribution in [-0.2, 0) is 0 Å². The first kappa shape index (κ1) is 11.8. The molecule has 3 rings (SSSR count). The first-order valence-electron chi connectivity index (χ1n) is 5.80. The van der Waals surface area contributed by atoms with Gasteiger partial charge >= 0.3 is 0 Å². The van der Waals surface area contributed by atoms with Gasteiger partial charge in [-0.1, -0.05) is 17.7 Å². The van der Waals surface area contributed by atoms with Gasteiger partial charge in [-0.05, 0) is 30.3 Å². The zero-order valence-electron chi connectivity index (χ0n) is 10.0. The second-order valence-corrected chi connectivity index (χ2v) is 4.58. The molecule has 0 spiro atoms. The van der Waals surface area contributed by atoms with Crippen LogP contribution in [0.3, 0.4) is 0 Å². The van der Waals surface area contributed by atoms with Gasteiger partial charge in [-0.25, -0.2) is 0 Å². The molecule has 3 nitrogen and oxygen atoms in total. The van der Waals surface area contributed by atoms with Crippen LogP contribution in [0.4, 0.5) is 5.69 Å². The van der Waals surface area contributed by atoms with Crippen molar-refractivity contribution in [1.82, 2.24) is 4.98 Å². The Labute approximate surface area is 115 Å². The number of anilines is 1. The lowest BCUT2D eigenvalue weighted by Crippen LogP contribution is -1.92. The van der Waals surface area contributed by atoms with Crippen LogP contribution >= 0.6 is 11.6 Å². The predicted octanol–water partition coefficient (Wildman–Crippen LogP) is 4.26. The fraction of sp³-hybridized carbons (Fsp3) is 0. The van der Waals surface area contributed by atoms with E-state index in [0.29, 0.717) is 22.2 Å². The molecule has 0 fully saturated rings. The van der Waals surface area contributed by atoms with E-state index in [4.69, 9.17) is 22.1 Å². The van der Waals surface area contributed by atoms with Gasteiger partial charge in [0.2, 0.25) is 0 Å². The average molecular weight is 271 g/mol. The van der Waals surface area contributed by atoms with E-state index in [1.165, 1.54) is 0 Å². The average Bonchev–Trinajstić information content (AvgIpc) is 2.43. The van der Waals surface area contributed by atoms with Gasteiger partial charge in [0.25, 0.3) is 0 Å². The van der Waals surface area contributed by atoms with Gasteiger partial charge in [-0.15, -0.1) is 0 Å². The maximum absolute atomic E-state index is 5.93. The lowest BCUT2D eigenvalue weighted by molar-refractivity contribution is 0.486. The van der Waals surface area contributed by atoms with Crippen LogP contribution in [-0.4, -0.2) is 4.98 Å². The molecule has 0 atom stereocenters. The van der Waals surface area contributed by atoms with Crippen molar-refractivity contribution < 1.29 is 4.74 Å². The number of hydrogen-bond acceptors (Lipinski definition) is 3. The Bertz CT molecular complexity index is 743. The van der Waals surface area contributed by atoms with Crippen LogP contribution < -0.4 is 10.5 Å². The Hall–Kier alpha value is -2.26. The molecule has 0 bridgehead atoms. The Morgan fingerprint density at radius 3 is 2.84 bits per heavy atom. The molecular weight excluding hydrogens is 260 g/mol. The molecule has 0 unspecified atom stereocenters. The van der Waals surface area contributed by atoms with E-state index in [2.05, 4.69) is 4.98 Å². The first-order chi connectivity index (χ1) is 9.22. The van der Waals surface area contributed by atoms with E-state index < -0.39 is 0 Å².